The van der Waals surface area contributed by atoms with Crippen LogP contribution in [0.4, 0.5) is 0 Å². The van der Waals surface area contributed by atoms with Crippen molar-refractivity contribution in [3.63, 3.8) is 0 Å². The van der Waals surface area contributed by atoms with Crippen LogP contribution >= 0.6 is 11.6 Å². The molecule has 0 amide bonds. The van der Waals surface area contributed by atoms with Crippen LogP contribution in [0.2, 0.25) is 5.02 Å². The van der Waals surface area contributed by atoms with Gasteiger partial charge in [-0.3, -0.25) is 0 Å². The Morgan fingerprint density at radius 3 is 2.76 bits per heavy atom. The lowest BCUT2D eigenvalue weighted by Gasteiger charge is -2.43. The summed E-state index contributed by atoms with van der Waals surface area (Å²) < 4.78 is 6.25. The topological polar surface area (TPSA) is 35.2 Å². The first-order valence-electron chi connectivity index (χ1n) is 6.43. The molecule has 0 bridgehead atoms. The third-order valence-electron chi connectivity index (χ3n) is 4.05. The van der Waals surface area contributed by atoms with E-state index in [1.807, 2.05) is 18.2 Å². The highest BCUT2D eigenvalue weighted by molar-refractivity contribution is 6.30. The molecule has 1 atom stereocenters. The molecular formula is C14H18ClNO. The van der Waals surface area contributed by atoms with Crippen molar-refractivity contribution in [3.05, 3.63) is 28.8 Å². The summed E-state index contributed by atoms with van der Waals surface area (Å²) in [5, 5.41) is 0.738. The minimum atomic E-state index is -0.00149. The maximum Gasteiger partial charge on any atom is 0.125 e. The highest BCUT2D eigenvalue weighted by atomic mass is 35.5. The van der Waals surface area contributed by atoms with Gasteiger partial charge >= 0.3 is 0 Å². The summed E-state index contributed by atoms with van der Waals surface area (Å²) in [5.41, 5.74) is 7.34. The van der Waals surface area contributed by atoms with E-state index >= 15 is 0 Å². The van der Waals surface area contributed by atoms with Crippen LogP contribution in [0.5, 0.6) is 5.75 Å². The van der Waals surface area contributed by atoms with Crippen molar-refractivity contribution in [2.75, 3.05) is 0 Å². The molecule has 1 spiro atoms. The first-order valence-corrected chi connectivity index (χ1v) is 6.80. The summed E-state index contributed by atoms with van der Waals surface area (Å²) in [6, 6.07) is 5.86. The lowest BCUT2D eigenvalue weighted by molar-refractivity contribution is 0.00195. The molecule has 2 N–H and O–H groups in total. The molecule has 1 heterocycles. The summed E-state index contributed by atoms with van der Waals surface area (Å²) in [6.45, 7) is 0. The largest absolute Gasteiger partial charge is 0.487 e. The van der Waals surface area contributed by atoms with Gasteiger partial charge in [0.15, 0.2) is 0 Å². The molecule has 1 aromatic carbocycles. The van der Waals surface area contributed by atoms with Gasteiger partial charge in [-0.15, -0.1) is 0 Å². The second-order valence-electron chi connectivity index (χ2n) is 5.34. The zero-order valence-electron chi connectivity index (χ0n) is 9.92. The molecule has 3 rings (SSSR count). The summed E-state index contributed by atoms with van der Waals surface area (Å²) in [7, 11) is 0. The SMILES string of the molecule is N[C@H]1CC2(CCCCC2)Oc2ccc(Cl)cc21. The van der Waals surface area contributed by atoms with Crippen LogP contribution < -0.4 is 10.5 Å². The van der Waals surface area contributed by atoms with Gasteiger partial charge in [-0.1, -0.05) is 18.0 Å². The predicted octanol–water partition coefficient (Wildman–Crippen LogP) is 3.83. The Labute approximate surface area is 107 Å². The zero-order chi connectivity index (χ0) is 11.9. The second-order valence-corrected chi connectivity index (χ2v) is 5.77. The smallest absolute Gasteiger partial charge is 0.125 e. The van der Waals surface area contributed by atoms with Gasteiger partial charge in [-0.25, -0.2) is 0 Å². The highest BCUT2D eigenvalue weighted by Gasteiger charge is 2.40. The van der Waals surface area contributed by atoms with Crippen molar-refractivity contribution in [1.29, 1.82) is 0 Å². The number of nitrogens with two attached hydrogens (primary N) is 1. The van der Waals surface area contributed by atoms with E-state index in [1.165, 1.54) is 19.3 Å². The molecule has 0 unspecified atom stereocenters. The Kier molecular flexibility index (Phi) is 2.80. The fraction of sp³-hybridized carbons (Fsp3) is 0.571. The first-order chi connectivity index (χ1) is 8.19. The monoisotopic (exact) mass is 251 g/mol. The van der Waals surface area contributed by atoms with Gasteiger partial charge in [0.1, 0.15) is 11.4 Å². The predicted molar refractivity (Wildman–Crippen MR) is 69.4 cm³/mol. The fourth-order valence-corrected chi connectivity index (χ4v) is 3.37. The van der Waals surface area contributed by atoms with Gasteiger partial charge in [0, 0.05) is 23.0 Å². The third-order valence-corrected chi connectivity index (χ3v) is 4.29. The van der Waals surface area contributed by atoms with E-state index in [4.69, 9.17) is 22.1 Å². The second kappa shape index (κ2) is 4.18. The molecular weight excluding hydrogens is 234 g/mol. The number of rotatable bonds is 0. The lowest BCUT2D eigenvalue weighted by atomic mass is 9.77. The summed E-state index contributed by atoms with van der Waals surface area (Å²) in [5.74, 6) is 0.940. The standard InChI is InChI=1S/C14H18ClNO/c15-10-4-5-13-11(8-10)12(16)9-14(17-13)6-2-1-3-7-14/h4-5,8,12H,1-3,6-7,9,16H2/t12-/m0/s1. The van der Waals surface area contributed by atoms with Crippen molar-refractivity contribution in [1.82, 2.24) is 0 Å². The van der Waals surface area contributed by atoms with Crippen molar-refractivity contribution >= 4 is 11.6 Å². The Morgan fingerprint density at radius 1 is 1.24 bits per heavy atom. The number of benzene rings is 1. The Morgan fingerprint density at radius 2 is 2.00 bits per heavy atom. The van der Waals surface area contributed by atoms with Crippen LogP contribution in [-0.4, -0.2) is 5.60 Å². The highest BCUT2D eigenvalue weighted by Crippen LogP contribution is 2.45. The summed E-state index contributed by atoms with van der Waals surface area (Å²) in [6.07, 6.45) is 7.06. The van der Waals surface area contributed by atoms with Crippen LogP contribution in [0.25, 0.3) is 0 Å². The normalized spacial score (nSPS) is 26.4. The molecule has 1 aliphatic heterocycles. The Hall–Kier alpha value is -0.730. The molecule has 17 heavy (non-hydrogen) atoms. The third kappa shape index (κ3) is 2.04. The van der Waals surface area contributed by atoms with Crippen LogP contribution in [0, 0.1) is 0 Å². The molecule has 1 fully saturated rings. The number of fused-ring (bicyclic) bond motifs is 1. The van der Waals surface area contributed by atoms with Gasteiger partial charge in [0.05, 0.1) is 0 Å². The fourth-order valence-electron chi connectivity index (χ4n) is 3.19. The van der Waals surface area contributed by atoms with E-state index in [0.29, 0.717) is 0 Å². The van der Waals surface area contributed by atoms with Gasteiger partial charge in [-0.05, 0) is 43.9 Å². The number of hydrogen-bond donors (Lipinski definition) is 1. The van der Waals surface area contributed by atoms with Crippen LogP contribution in [-0.2, 0) is 0 Å². The molecule has 1 aliphatic carbocycles. The molecule has 3 heteroatoms. The lowest BCUT2D eigenvalue weighted by Crippen LogP contribution is -2.44. The average Bonchev–Trinajstić information content (AvgIpc) is 2.31. The molecule has 0 aromatic heterocycles. The van der Waals surface area contributed by atoms with Crippen molar-refractivity contribution in [2.24, 2.45) is 5.73 Å². The molecule has 1 aromatic rings. The van der Waals surface area contributed by atoms with Gasteiger partial charge in [0.2, 0.25) is 0 Å². The van der Waals surface area contributed by atoms with E-state index in [2.05, 4.69) is 0 Å². The number of hydrogen-bond acceptors (Lipinski definition) is 2. The average molecular weight is 252 g/mol. The molecule has 92 valence electrons. The minimum absolute atomic E-state index is 0.00149. The maximum absolute atomic E-state index is 6.28. The molecule has 1 saturated carbocycles. The minimum Gasteiger partial charge on any atom is -0.487 e. The van der Waals surface area contributed by atoms with Crippen molar-refractivity contribution in [2.45, 2.75) is 50.2 Å². The Balaban J connectivity index is 1.94. The zero-order valence-corrected chi connectivity index (χ0v) is 10.7. The van der Waals surface area contributed by atoms with Crippen LogP contribution in [0.1, 0.15) is 50.1 Å². The van der Waals surface area contributed by atoms with E-state index in [0.717, 1.165) is 35.6 Å². The molecule has 0 radical (unpaired) electrons. The van der Waals surface area contributed by atoms with Gasteiger partial charge in [-0.2, -0.15) is 0 Å². The van der Waals surface area contributed by atoms with Gasteiger partial charge in [0.25, 0.3) is 0 Å². The van der Waals surface area contributed by atoms with Crippen molar-refractivity contribution in [3.8, 4) is 5.75 Å². The van der Waals surface area contributed by atoms with E-state index in [1.54, 1.807) is 0 Å². The maximum atomic E-state index is 6.28. The van der Waals surface area contributed by atoms with E-state index in [9.17, 15) is 0 Å². The molecule has 2 nitrogen and oxygen atoms in total. The van der Waals surface area contributed by atoms with E-state index < -0.39 is 0 Å². The molecule has 0 saturated heterocycles. The number of ether oxygens (including phenoxy) is 1. The van der Waals surface area contributed by atoms with Crippen molar-refractivity contribution < 1.29 is 4.74 Å². The summed E-state index contributed by atoms with van der Waals surface area (Å²) >= 11 is 6.01. The Bertz CT molecular complexity index is 426. The summed E-state index contributed by atoms with van der Waals surface area (Å²) in [4.78, 5) is 0. The first kappa shape index (κ1) is 11.4. The van der Waals surface area contributed by atoms with Crippen LogP contribution in [0.3, 0.4) is 0 Å². The van der Waals surface area contributed by atoms with E-state index in [-0.39, 0.29) is 11.6 Å². The van der Waals surface area contributed by atoms with Crippen LogP contribution in [0.15, 0.2) is 18.2 Å². The number of halogens is 1. The van der Waals surface area contributed by atoms with Gasteiger partial charge < -0.3 is 10.5 Å². The molecule has 2 aliphatic rings. The quantitative estimate of drug-likeness (QED) is 0.761.